The van der Waals surface area contributed by atoms with Crippen molar-refractivity contribution in [1.29, 1.82) is 0 Å². The van der Waals surface area contributed by atoms with Crippen molar-refractivity contribution in [3.63, 3.8) is 0 Å². The standard InChI is InChI=1S/C37H37F6NO6/c1-20-32(23-13-25(36(38,39)40)17-26(14-23)37(41,42)43)50-34(46)44(20)19-24-18-35(2,3)12-11-27(24)29-15-21(8-10-30(29)47-4)28-9-7-22(33(45)49-6)16-31(28)48-5/h7-10,13-17,20,32H,11-12,18-19H2,1-6H3/t20-,32-/m0/s1. The predicted molar refractivity (Wildman–Crippen MR) is 173 cm³/mol. The van der Waals surface area contributed by atoms with Crippen molar-refractivity contribution < 1.29 is 54.9 Å². The molecule has 50 heavy (non-hydrogen) atoms. The zero-order valence-corrected chi connectivity index (χ0v) is 28.3. The Bertz CT molecular complexity index is 1800. The van der Waals surface area contributed by atoms with E-state index in [9.17, 15) is 35.9 Å². The van der Waals surface area contributed by atoms with Gasteiger partial charge >= 0.3 is 24.4 Å². The minimum Gasteiger partial charge on any atom is -0.496 e. The Kier molecular flexibility index (Phi) is 9.92. The summed E-state index contributed by atoms with van der Waals surface area (Å²) in [4.78, 5) is 26.8. The van der Waals surface area contributed by atoms with Gasteiger partial charge in [-0.2, -0.15) is 26.3 Å². The Morgan fingerprint density at radius 3 is 2.10 bits per heavy atom. The van der Waals surface area contributed by atoms with Gasteiger partial charge in [-0.05, 0) is 102 Å². The van der Waals surface area contributed by atoms with Crippen LogP contribution in [0.2, 0.25) is 0 Å². The van der Waals surface area contributed by atoms with Crippen LogP contribution in [0.25, 0.3) is 16.7 Å². The van der Waals surface area contributed by atoms with Crippen LogP contribution in [0.15, 0.2) is 60.2 Å². The number of rotatable bonds is 8. The van der Waals surface area contributed by atoms with E-state index in [0.717, 1.165) is 28.7 Å². The number of carbonyl (C=O) groups excluding carboxylic acids is 2. The Hall–Kier alpha value is -4.68. The average Bonchev–Trinajstić information content (AvgIpc) is 3.34. The Labute approximate surface area is 285 Å². The summed E-state index contributed by atoms with van der Waals surface area (Å²) in [6.45, 7) is 5.75. The number of carbonyl (C=O) groups is 2. The summed E-state index contributed by atoms with van der Waals surface area (Å²) < 4.78 is 104. The quantitative estimate of drug-likeness (QED) is 0.172. The molecule has 1 amide bonds. The van der Waals surface area contributed by atoms with Gasteiger partial charge in [-0.1, -0.05) is 19.9 Å². The van der Waals surface area contributed by atoms with Gasteiger partial charge in [-0.15, -0.1) is 0 Å². The molecule has 1 aliphatic heterocycles. The molecule has 1 fully saturated rings. The molecule has 13 heteroatoms. The molecule has 0 saturated carbocycles. The van der Waals surface area contributed by atoms with Gasteiger partial charge in [0, 0.05) is 17.7 Å². The lowest BCUT2D eigenvalue weighted by atomic mass is 9.72. The summed E-state index contributed by atoms with van der Waals surface area (Å²) in [7, 11) is 4.31. The first-order chi connectivity index (χ1) is 23.4. The second kappa shape index (κ2) is 13.6. The Morgan fingerprint density at radius 1 is 0.880 bits per heavy atom. The first-order valence-electron chi connectivity index (χ1n) is 15.8. The molecule has 2 atom stereocenters. The van der Waals surface area contributed by atoms with E-state index in [1.54, 1.807) is 31.2 Å². The van der Waals surface area contributed by atoms with Crippen molar-refractivity contribution in [1.82, 2.24) is 4.90 Å². The number of esters is 1. The molecule has 7 nitrogen and oxygen atoms in total. The second-order valence-corrected chi connectivity index (χ2v) is 13.3. The third-order valence-corrected chi connectivity index (χ3v) is 9.32. The highest BCUT2D eigenvalue weighted by molar-refractivity contribution is 5.91. The first kappa shape index (κ1) is 36.6. The number of hydrogen-bond donors (Lipinski definition) is 0. The SMILES string of the molecule is COC(=O)c1ccc(-c2ccc(OC)c(C3=C(CN4C(=O)O[C@H](c5cc(C(F)(F)F)cc(C(F)(F)F)c5)[C@@H]4C)CC(C)(C)CC3)c2)c(OC)c1. The van der Waals surface area contributed by atoms with Crippen molar-refractivity contribution in [3.8, 4) is 22.6 Å². The lowest BCUT2D eigenvalue weighted by Crippen LogP contribution is -2.35. The molecular formula is C37H37F6NO6. The fourth-order valence-electron chi connectivity index (χ4n) is 6.68. The molecule has 1 aliphatic carbocycles. The molecule has 0 unspecified atom stereocenters. The fraction of sp³-hybridized carbons (Fsp3) is 0.405. The zero-order chi connectivity index (χ0) is 36.8. The van der Waals surface area contributed by atoms with Crippen LogP contribution in [0, 0.1) is 5.41 Å². The monoisotopic (exact) mass is 705 g/mol. The van der Waals surface area contributed by atoms with Gasteiger partial charge in [0.05, 0.1) is 44.1 Å². The largest absolute Gasteiger partial charge is 0.496 e. The van der Waals surface area contributed by atoms with Crippen LogP contribution >= 0.6 is 0 Å². The number of ether oxygens (including phenoxy) is 4. The minimum absolute atomic E-state index is 0.0326. The van der Waals surface area contributed by atoms with E-state index < -0.39 is 53.3 Å². The molecule has 0 N–H and O–H groups in total. The van der Waals surface area contributed by atoms with Crippen molar-refractivity contribution in [3.05, 3.63) is 88.0 Å². The highest BCUT2D eigenvalue weighted by atomic mass is 19.4. The van der Waals surface area contributed by atoms with Crippen LogP contribution in [-0.2, 0) is 21.8 Å². The number of nitrogens with zero attached hydrogens (tertiary/aromatic N) is 1. The van der Waals surface area contributed by atoms with E-state index in [-0.39, 0.29) is 18.0 Å². The van der Waals surface area contributed by atoms with Crippen LogP contribution in [0.3, 0.4) is 0 Å². The maximum absolute atomic E-state index is 13.6. The topological polar surface area (TPSA) is 74.3 Å². The summed E-state index contributed by atoms with van der Waals surface area (Å²) >= 11 is 0. The number of allylic oxidation sites excluding steroid dienone is 1. The maximum atomic E-state index is 13.6. The van der Waals surface area contributed by atoms with Crippen LogP contribution < -0.4 is 9.47 Å². The molecular weight excluding hydrogens is 668 g/mol. The molecule has 3 aromatic rings. The molecule has 3 aromatic carbocycles. The van der Waals surface area contributed by atoms with Crippen molar-refractivity contribution in [2.75, 3.05) is 27.9 Å². The van der Waals surface area contributed by atoms with Gasteiger partial charge < -0.3 is 18.9 Å². The molecule has 0 spiro atoms. The number of alkyl halides is 6. The van der Waals surface area contributed by atoms with Gasteiger partial charge in [-0.25, -0.2) is 9.59 Å². The number of halogens is 6. The maximum Gasteiger partial charge on any atom is 0.416 e. The summed E-state index contributed by atoms with van der Waals surface area (Å²) in [6.07, 6.45) is -10.4. The first-order valence-corrected chi connectivity index (χ1v) is 15.8. The Balaban J connectivity index is 1.56. The predicted octanol–water partition coefficient (Wildman–Crippen LogP) is 9.74. The summed E-state index contributed by atoms with van der Waals surface area (Å²) in [5.74, 6) is 0.478. The number of amides is 1. The van der Waals surface area contributed by atoms with E-state index in [1.165, 1.54) is 26.2 Å². The molecule has 1 heterocycles. The van der Waals surface area contributed by atoms with Gasteiger partial charge in [0.15, 0.2) is 0 Å². The number of benzene rings is 3. The smallest absolute Gasteiger partial charge is 0.416 e. The third kappa shape index (κ3) is 7.41. The van der Waals surface area contributed by atoms with Crippen LogP contribution in [-0.4, -0.2) is 50.9 Å². The van der Waals surface area contributed by atoms with Gasteiger partial charge in [0.25, 0.3) is 0 Å². The van der Waals surface area contributed by atoms with Gasteiger partial charge in [-0.3, -0.25) is 4.90 Å². The molecule has 5 rings (SSSR count). The molecule has 0 radical (unpaired) electrons. The summed E-state index contributed by atoms with van der Waals surface area (Å²) in [5.41, 5.74) is 0.736. The van der Waals surface area contributed by atoms with E-state index in [4.69, 9.17) is 18.9 Å². The highest BCUT2D eigenvalue weighted by Crippen LogP contribution is 2.47. The highest BCUT2D eigenvalue weighted by Gasteiger charge is 2.44. The van der Waals surface area contributed by atoms with Crippen LogP contribution in [0.4, 0.5) is 31.1 Å². The van der Waals surface area contributed by atoms with E-state index in [0.29, 0.717) is 47.6 Å². The molecule has 0 aromatic heterocycles. The minimum atomic E-state index is -5.05. The molecule has 0 bridgehead atoms. The summed E-state index contributed by atoms with van der Waals surface area (Å²) in [5, 5.41) is 0. The molecule has 1 saturated heterocycles. The number of cyclic esters (lactones) is 1. The lowest BCUT2D eigenvalue weighted by Gasteiger charge is -2.36. The summed E-state index contributed by atoms with van der Waals surface area (Å²) in [6, 6.07) is 10.9. The van der Waals surface area contributed by atoms with E-state index >= 15 is 0 Å². The van der Waals surface area contributed by atoms with Gasteiger partial charge in [0.1, 0.15) is 17.6 Å². The van der Waals surface area contributed by atoms with E-state index in [1.807, 2.05) is 12.1 Å². The molecule has 2 aliphatic rings. The van der Waals surface area contributed by atoms with Gasteiger partial charge in [0.2, 0.25) is 0 Å². The fourth-order valence-corrected chi connectivity index (χ4v) is 6.68. The lowest BCUT2D eigenvalue weighted by molar-refractivity contribution is -0.143. The third-order valence-electron chi connectivity index (χ3n) is 9.32. The Morgan fingerprint density at radius 2 is 1.52 bits per heavy atom. The van der Waals surface area contributed by atoms with Crippen LogP contribution in [0.1, 0.15) is 78.7 Å². The van der Waals surface area contributed by atoms with Crippen molar-refractivity contribution >= 4 is 17.6 Å². The normalized spacial score (nSPS) is 19.4. The number of methoxy groups -OCH3 is 3. The second-order valence-electron chi connectivity index (χ2n) is 13.3. The number of hydrogen-bond acceptors (Lipinski definition) is 6. The zero-order valence-electron chi connectivity index (χ0n) is 28.3. The van der Waals surface area contributed by atoms with Crippen molar-refractivity contribution in [2.45, 2.75) is 64.5 Å². The van der Waals surface area contributed by atoms with E-state index in [2.05, 4.69) is 13.8 Å². The van der Waals surface area contributed by atoms with Crippen LogP contribution in [0.5, 0.6) is 11.5 Å². The molecule has 268 valence electrons. The average molecular weight is 706 g/mol. The van der Waals surface area contributed by atoms with Crippen molar-refractivity contribution in [2.24, 2.45) is 5.41 Å².